The van der Waals surface area contributed by atoms with E-state index in [9.17, 15) is 14.0 Å². The molecule has 2 aromatic rings. The number of piperidine rings is 1. The van der Waals surface area contributed by atoms with Crippen molar-refractivity contribution in [2.75, 3.05) is 13.1 Å². The highest BCUT2D eigenvalue weighted by atomic mass is 19.1. The molecule has 0 saturated carbocycles. The Morgan fingerprint density at radius 2 is 1.44 bits per heavy atom. The number of imide groups is 1. The van der Waals surface area contributed by atoms with E-state index in [0.717, 1.165) is 38.0 Å². The SMILES string of the molecule is O=C1c2ccccc2C(=O)N1C1CCN(Cc2ccc(F)cc2)CC1. The van der Waals surface area contributed by atoms with Crippen LogP contribution in [0, 0.1) is 5.82 Å². The van der Waals surface area contributed by atoms with Crippen LogP contribution in [0.1, 0.15) is 39.1 Å². The van der Waals surface area contributed by atoms with Crippen molar-refractivity contribution in [3.63, 3.8) is 0 Å². The quantitative estimate of drug-likeness (QED) is 0.808. The molecule has 0 radical (unpaired) electrons. The van der Waals surface area contributed by atoms with Gasteiger partial charge in [0.25, 0.3) is 11.8 Å². The predicted molar refractivity (Wildman–Crippen MR) is 91.6 cm³/mol. The van der Waals surface area contributed by atoms with E-state index in [1.807, 2.05) is 0 Å². The lowest BCUT2D eigenvalue weighted by Gasteiger charge is -2.35. The summed E-state index contributed by atoms with van der Waals surface area (Å²) in [6.07, 6.45) is 1.54. The summed E-state index contributed by atoms with van der Waals surface area (Å²) in [4.78, 5) is 28.9. The number of hydrogen-bond acceptors (Lipinski definition) is 3. The number of nitrogens with zero attached hydrogens (tertiary/aromatic N) is 2. The summed E-state index contributed by atoms with van der Waals surface area (Å²) in [6.45, 7) is 2.39. The fraction of sp³-hybridized carbons (Fsp3) is 0.300. The standard InChI is InChI=1S/C20H19FN2O2/c21-15-7-5-14(6-8-15)13-22-11-9-16(10-12-22)23-19(24)17-3-1-2-4-18(17)20(23)25/h1-8,16H,9-13H2. The summed E-state index contributed by atoms with van der Waals surface area (Å²) < 4.78 is 13.0. The molecule has 0 bridgehead atoms. The van der Waals surface area contributed by atoms with Crippen molar-refractivity contribution < 1.29 is 14.0 Å². The van der Waals surface area contributed by atoms with E-state index >= 15 is 0 Å². The Balaban J connectivity index is 1.40. The highest BCUT2D eigenvalue weighted by molar-refractivity contribution is 6.21. The average Bonchev–Trinajstić information content (AvgIpc) is 2.89. The van der Waals surface area contributed by atoms with Crippen LogP contribution in [0.25, 0.3) is 0 Å². The molecule has 2 heterocycles. The maximum Gasteiger partial charge on any atom is 0.261 e. The maximum absolute atomic E-state index is 13.0. The number of carbonyl (C=O) groups excluding carboxylic acids is 2. The number of likely N-dealkylation sites (tertiary alicyclic amines) is 1. The lowest BCUT2D eigenvalue weighted by Crippen LogP contribution is -2.47. The van der Waals surface area contributed by atoms with Crippen LogP contribution in [0.5, 0.6) is 0 Å². The van der Waals surface area contributed by atoms with Gasteiger partial charge in [0.1, 0.15) is 5.82 Å². The zero-order valence-corrected chi connectivity index (χ0v) is 13.8. The van der Waals surface area contributed by atoms with Crippen LogP contribution in [0.3, 0.4) is 0 Å². The van der Waals surface area contributed by atoms with E-state index in [1.165, 1.54) is 17.0 Å². The van der Waals surface area contributed by atoms with Crippen molar-refractivity contribution in [2.45, 2.75) is 25.4 Å². The minimum atomic E-state index is -0.229. The number of carbonyl (C=O) groups is 2. The topological polar surface area (TPSA) is 40.6 Å². The van der Waals surface area contributed by atoms with Crippen molar-refractivity contribution in [3.05, 3.63) is 71.0 Å². The fourth-order valence-electron chi connectivity index (χ4n) is 3.72. The lowest BCUT2D eigenvalue weighted by atomic mass is 10.0. The van der Waals surface area contributed by atoms with E-state index in [1.54, 1.807) is 36.4 Å². The maximum atomic E-state index is 13.0. The monoisotopic (exact) mass is 338 g/mol. The minimum absolute atomic E-state index is 0.0446. The summed E-state index contributed by atoms with van der Waals surface area (Å²) in [5, 5.41) is 0. The molecule has 128 valence electrons. The number of fused-ring (bicyclic) bond motifs is 1. The fourth-order valence-corrected chi connectivity index (χ4v) is 3.72. The second-order valence-corrected chi connectivity index (χ2v) is 6.66. The molecule has 2 aromatic carbocycles. The number of benzene rings is 2. The Morgan fingerprint density at radius 1 is 0.880 bits per heavy atom. The van der Waals surface area contributed by atoms with Crippen molar-refractivity contribution in [2.24, 2.45) is 0 Å². The third-order valence-corrected chi connectivity index (χ3v) is 5.07. The van der Waals surface area contributed by atoms with Crippen LogP contribution >= 0.6 is 0 Å². The van der Waals surface area contributed by atoms with Gasteiger partial charge in [0, 0.05) is 25.7 Å². The largest absolute Gasteiger partial charge is 0.299 e. The molecule has 1 fully saturated rings. The molecule has 25 heavy (non-hydrogen) atoms. The molecule has 4 nitrogen and oxygen atoms in total. The Morgan fingerprint density at radius 3 is 2.00 bits per heavy atom. The molecule has 2 aliphatic heterocycles. The van der Waals surface area contributed by atoms with Crippen LogP contribution in [-0.4, -0.2) is 40.7 Å². The zero-order valence-electron chi connectivity index (χ0n) is 13.8. The van der Waals surface area contributed by atoms with Crippen molar-refractivity contribution in [3.8, 4) is 0 Å². The van der Waals surface area contributed by atoms with E-state index in [2.05, 4.69) is 4.90 Å². The van der Waals surface area contributed by atoms with Crippen LogP contribution in [0.2, 0.25) is 0 Å². The lowest BCUT2D eigenvalue weighted by molar-refractivity contribution is 0.0498. The molecule has 0 N–H and O–H groups in total. The van der Waals surface area contributed by atoms with E-state index in [-0.39, 0.29) is 23.7 Å². The van der Waals surface area contributed by atoms with Gasteiger partial charge in [-0.1, -0.05) is 24.3 Å². The van der Waals surface area contributed by atoms with Gasteiger partial charge in [-0.3, -0.25) is 19.4 Å². The summed E-state index contributed by atoms with van der Waals surface area (Å²) >= 11 is 0. The predicted octanol–water partition coefficient (Wildman–Crippen LogP) is 3.09. The van der Waals surface area contributed by atoms with Gasteiger partial charge in [-0.15, -0.1) is 0 Å². The first kappa shape index (κ1) is 16.0. The molecule has 0 aliphatic carbocycles. The van der Waals surface area contributed by atoms with Crippen LogP contribution < -0.4 is 0 Å². The normalized spacial score (nSPS) is 18.7. The van der Waals surface area contributed by atoms with Crippen molar-refractivity contribution in [1.29, 1.82) is 0 Å². The Hall–Kier alpha value is -2.53. The van der Waals surface area contributed by atoms with Gasteiger partial charge in [0.05, 0.1) is 11.1 Å². The first-order valence-electron chi connectivity index (χ1n) is 8.57. The number of amides is 2. The van der Waals surface area contributed by atoms with Gasteiger partial charge in [-0.25, -0.2) is 4.39 Å². The molecule has 2 aliphatic rings. The highest BCUT2D eigenvalue weighted by Crippen LogP contribution is 2.28. The number of rotatable bonds is 3. The second kappa shape index (κ2) is 6.41. The second-order valence-electron chi connectivity index (χ2n) is 6.66. The Bertz CT molecular complexity index is 776. The molecule has 1 saturated heterocycles. The van der Waals surface area contributed by atoms with E-state index in [4.69, 9.17) is 0 Å². The van der Waals surface area contributed by atoms with Crippen molar-refractivity contribution in [1.82, 2.24) is 9.80 Å². The summed E-state index contributed by atoms with van der Waals surface area (Å²) in [6, 6.07) is 13.5. The molecule has 0 aromatic heterocycles. The third-order valence-electron chi connectivity index (χ3n) is 5.07. The van der Waals surface area contributed by atoms with Gasteiger partial charge in [0.2, 0.25) is 0 Å². The Kier molecular flexibility index (Phi) is 4.09. The molecule has 0 unspecified atom stereocenters. The first-order valence-corrected chi connectivity index (χ1v) is 8.57. The first-order chi connectivity index (χ1) is 12.1. The number of halogens is 1. The minimum Gasteiger partial charge on any atom is -0.299 e. The summed E-state index contributed by atoms with van der Waals surface area (Å²) in [5.41, 5.74) is 2.10. The van der Waals surface area contributed by atoms with Crippen LogP contribution in [0.4, 0.5) is 4.39 Å². The average molecular weight is 338 g/mol. The van der Waals surface area contributed by atoms with Crippen LogP contribution in [0.15, 0.2) is 48.5 Å². The molecule has 0 spiro atoms. The van der Waals surface area contributed by atoms with E-state index in [0.29, 0.717) is 11.1 Å². The Labute approximate surface area is 145 Å². The highest BCUT2D eigenvalue weighted by Gasteiger charge is 2.40. The zero-order chi connectivity index (χ0) is 17.4. The van der Waals surface area contributed by atoms with Gasteiger partial charge < -0.3 is 0 Å². The molecule has 4 rings (SSSR count). The summed E-state index contributed by atoms with van der Waals surface area (Å²) in [7, 11) is 0. The molecule has 2 amide bonds. The molecular weight excluding hydrogens is 319 g/mol. The molecule has 0 atom stereocenters. The van der Waals surface area contributed by atoms with Gasteiger partial charge in [-0.05, 0) is 42.7 Å². The van der Waals surface area contributed by atoms with Gasteiger partial charge >= 0.3 is 0 Å². The van der Waals surface area contributed by atoms with E-state index < -0.39 is 0 Å². The molecule has 5 heteroatoms. The molecular formula is C20H19FN2O2. The smallest absolute Gasteiger partial charge is 0.261 e. The van der Waals surface area contributed by atoms with Gasteiger partial charge in [0.15, 0.2) is 0 Å². The van der Waals surface area contributed by atoms with Gasteiger partial charge in [-0.2, -0.15) is 0 Å². The number of hydrogen-bond donors (Lipinski definition) is 0. The summed E-state index contributed by atoms with van der Waals surface area (Å²) in [5.74, 6) is -0.566. The van der Waals surface area contributed by atoms with Crippen molar-refractivity contribution >= 4 is 11.8 Å². The van der Waals surface area contributed by atoms with Crippen LogP contribution in [-0.2, 0) is 6.54 Å². The third kappa shape index (κ3) is 2.96.